The smallest absolute Gasteiger partial charge is 0.321 e. The Bertz CT molecular complexity index is 1710. The summed E-state index contributed by atoms with van der Waals surface area (Å²) < 4.78 is 0. The zero-order valence-corrected chi connectivity index (χ0v) is 29.3. The van der Waals surface area contributed by atoms with Crippen molar-refractivity contribution < 1.29 is 14.7 Å². The van der Waals surface area contributed by atoms with Crippen LogP contribution in [0.5, 0.6) is 0 Å². The van der Waals surface area contributed by atoms with Gasteiger partial charge in [-0.15, -0.1) is 0 Å². The Labute approximate surface area is 290 Å². The van der Waals surface area contributed by atoms with Crippen molar-refractivity contribution in [1.82, 2.24) is 25.1 Å². The van der Waals surface area contributed by atoms with Gasteiger partial charge in [-0.25, -0.2) is 4.79 Å². The first-order valence-electron chi connectivity index (χ1n) is 17.2. The van der Waals surface area contributed by atoms with Crippen LogP contribution >= 0.6 is 0 Å². The Hall–Kier alpha value is -4.60. The number of nitrogens with two attached hydrogens (primary N) is 1. The van der Waals surface area contributed by atoms with E-state index in [4.69, 9.17) is 5.73 Å². The zero-order valence-electron chi connectivity index (χ0n) is 29.3. The number of aliphatic hydroxyl groups excluding tert-OH is 1. The Morgan fingerprint density at radius 3 is 2.33 bits per heavy atom. The summed E-state index contributed by atoms with van der Waals surface area (Å²) in [7, 11) is 0. The van der Waals surface area contributed by atoms with Crippen LogP contribution in [0.2, 0.25) is 0 Å². The van der Waals surface area contributed by atoms with E-state index >= 15 is 0 Å². The lowest BCUT2D eigenvalue weighted by Gasteiger charge is -2.37. The van der Waals surface area contributed by atoms with Gasteiger partial charge in [0.15, 0.2) is 0 Å². The molecule has 2 aromatic carbocycles. The van der Waals surface area contributed by atoms with E-state index in [2.05, 4.69) is 21.4 Å². The quantitative estimate of drug-likeness (QED) is 0.175. The molecule has 0 bridgehead atoms. The van der Waals surface area contributed by atoms with Gasteiger partial charge in [-0.3, -0.25) is 14.8 Å². The van der Waals surface area contributed by atoms with Gasteiger partial charge in [-0.2, -0.15) is 0 Å². The predicted molar refractivity (Wildman–Crippen MR) is 194 cm³/mol. The van der Waals surface area contributed by atoms with E-state index in [-0.39, 0.29) is 18.4 Å². The maximum atomic E-state index is 14.2. The Balaban J connectivity index is 1.27. The molecule has 1 saturated heterocycles. The van der Waals surface area contributed by atoms with Gasteiger partial charge < -0.3 is 26.0 Å². The number of aryl methyl sites for hydroxylation is 2. The third kappa shape index (κ3) is 9.52. The van der Waals surface area contributed by atoms with Crippen LogP contribution in [0.4, 0.5) is 4.79 Å². The highest BCUT2D eigenvalue weighted by Gasteiger charge is 2.44. The normalized spacial score (nSPS) is 15.9. The van der Waals surface area contributed by atoms with Crippen LogP contribution in [0, 0.1) is 19.3 Å². The zero-order chi connectivity index (χ0) is 35.1. The van der Waals surface area contributed by atoms with Crippen molar-refractivity contribution >= 4 is 11.9 Å². The van der Waals surface area contributed by atoms with Gasteiger partial charge in [0.1, 0.15) is 6.04 Å². The molecule has 49 heavy (non-hydrogen) atoms. The Kier molecular flexibility index (Phi) is 11.5. The highest BCUT2D eigenvalue weighted by atomic mass is 16.3. The van der Waals surface area contributed by atoms with Gasteiger partial charge >= 0.3 is 6.03 Å². The second-order valence-corrected chi connectivity index (χ2v) is 14.4. The van der Waals surface area contributed by atoms with Crippen LogP contribution in [-0.4, -0.2) is 74.1 Å². The average molecular weight is 663 g/mol. The van der Waals surface area contributed by atoms with E-state index in [1.807, 2.05) is 113 Å². The van der Waals surface area contributed by atoms with Crippen LogP contribution in [0.3, 0.4) is 0 Å². The molecule has 0 unspecified atom stereocenters. The number of aliphatic hydroxyl groups is 1. The molecule has 4 atom stereocenters. The number of hydrogen-bond donors (Lipinski definition) is 3. The molecule has 0 spiro atoms. The molecule has 3 amide bonds. The third-order valence-corrected chi connectivity index (χ3v) is 9.13. The molecule has 0 aliphatic carbocycles. The van der Waals surface area contributed by atoms with E-state index in [0.717, 1.165) is 39.3 Å². The fraction of sp³-hybridized carbons (Fsp3) is 0.400. The average Bonchev–Trinajstić information content (AvgIpc) is 3.39. The van der Waals surface area contributed by atoms with Gasteiger partial charge in [0, 0.05) is 42.6 Å². The van der Waals surface area contributed by atoms with E-state index in [1.165, 1.54) is 0 Å². The number of nitrogens with one attached hydrogen (secondary N) is 1. The number of rotatable bonds is 13. The van der Waals surface area contributed by atoms with Crippen molar-refractivity contribution in [2.45, 2.75) is 84.7 Å². The lowest BCUT2D eigenvalue weighted by molar-refractivity contribution is -0.129. The van der Waals surface area contributed by atoms with E-state index in [0.29, 0.717) is 32.5 Å². The number of carbonyl (C=O) groups is 2. The SMILES string of the molecule is Cc1ccnc(-c2ccc(C[C@H](N)[C@@H](O)C[C@H](Cc3ccccc3)NC(=O)[C@@H](N3CCN(Cc4cccc(C)n4)C3=O)C(C)(C)C)cc2)c1. The van der Waals surface area contributed by atoms with Crippen LogP contribution in [0.15, 0.2) is 91.1 Å². The minimum Gasteiger partial charge on any atom is -0.391 e. The summed E-state index contributed by atoms with van der Waals surface area (Å²) in [5.74, 6) is -0.238. The number of carbonyl (C=O) groups excluding carboxylic acids is 2. The second-order valence-electron chi connectivity index (χ2n) is 14.4. The number of hydrogen-bond acceptors (Lipinski definition) is 6. The molecule has 4 aromatic rings. The summed E-state index contributed by atoms with van der Waals surface area (Å²) >= 11 is 0. The molecule has 1 aliphatic rings. The van der Waals surface area contributed by atoms with Crippen molar-refractivity contribution in [3.63, 3.8) is 0 Å². The highest BCUT2D eigenvalue weighted by molar-refractivity contribution is 5.89. The van der Waals surface area contributed by atoms with Gasteiger partial charge in [-0.05, 0) is 79.5 Å². The first kappa shape index (κ1) is 35.7. The Morgan fingerprint density at radius 1 is 0.939 bits per heavy atom. The van der Waals surface area contributed by atoms with Gasteiger partial charge in [0.25, 0.3) is 0 Å². The van der Waals surface area contributed by atoms with Gasteiger partial charge in [0.2, 0.25) is 5.91 Å². The summed E-state index contributed by atoms with van der Waals surface area (Å²) in [6.07, 6.45) is 2.20. The molecule has 3 heterocycles. The Morgan fingerprint density at radius 2 is 1.65 bits per heavy atom. The lowest BCUT2D eigenvalue weighted by atomic mass is 9.84. The van der Waals surface area contributed by atoms with Gasteiger partial charge in [-0.1, -0.05) is 81.4 Å². The first-order chi connectivity index (χ1) is 23.4. The van der Waals surface area contributed by atoms with E-state index in [9.17, 15) is 14.7 Å². The van der Waals surface area contributed by atoms with Crippen molar-refractivity contribution in [3.8, 4) is 11.3 Å². The number of aromatic nitrogens is 2. The molecular weight excluding hydrogens is 612 g/mol. The van der Waals surface area contributed by atoms with E-state index in [1.54, 1.807) is 16.0 Å². The molecular formula is C40H50N6O3. The van der Waals surface area contributed by atoms with Crippen molar-refractivity contribution in [2.24, 2.45) is 11.1 Å². The minimum absolute atomic E-state index is 0.177. The molecule has 2 aromatic heterocycles. The molecule has 9 nitrogen and oxygen atoms in total. The third-order valence-electron chi connectivity index (χ3n) is 9.13. The molecule has 0 radical (unpaired) electrons. The van der Waals surface area contributed by atoms with Gasteiger partial charge in [0.05, 0.1) is 24.0 Å². The number of amides is 3. The fourth-order valence-corrected chi connectivity index (χ4v) is 6.63. The highest BCUT2D eigenvalue weighted by Crippen LogP contribution is 2.29. The molecule has 9 heteroatoms. The van der Waals surface area contributed by atoms with E-state index < -0.39 is 29.6 Å². The fourth-order valence-electron chi connectivity index (χ4n) is 6.63. The largest absolute Gasteiger partial charge is 0.391 e. The molecule has 258 valence electrons. The monoisotopic (exact) mass is 662 g/mol. The predicted octanol–water partition coefficient (Wildman–Crippen LogP) is 5.46. The summed E-state index contributed by atoms with van der Waals surface area (Å²) in [4.78, 5) is 40.4. The maximum absolute atomic E-state index is 14.2. The lowest BCUT2D eigenvalue weighted by Crippen LogP contribution is -2.57. The van der Waals surface area contributed by atoms with Crippen LogP contribution in [-0.2, 0) is 24.2 Å². The number of nitrogens with zero attached hydrogens (tertiary/aromatic N) is 4. The summed E-state index contributed by atoms with van der Waals surface area (Å²) in [5.41, 5.74) is 12.9. The van der Waals surface area contributed by atoms with Crippen LogP contribution in [0.25, 0.3) is 11.3 Å². The number of urea groups is 1. The summed E-state index contributed by atoms with van der Waals surface area (Å²) in [5, 5.41) is 14.6. The summed E-state index contributed by atoms with van der Waals surface area (Å²) in [6.45, 7) is 11.3. The number of pyridine rings is 2. The van der Waals surface area contributed by atoms with Crippen LogP contribution in [0.1, 0.15) is 55.3 Å². The number of benzene rings is 2. The van der Waals surface area contributed by atoms with Crippen LogP contribution < -0.4 is 11.1 Å². The molecule has 1 fully saturated rings. The first-order valence-corrected chi connectivity index (χ1v) is 17.2. The molecule has 4 N–H and O–H groups in total. The second kappa shape index (κ2) is 15.7. The maximum Gasteiger partial charge on any atom is 0.321 e. The van der Waals surface area contributed by atoms with Crippen molar-refractivity contribution in [2.75, 3.05) is 13.1 Å². The topological polar surface area (TPSA) is 125 Å². The molecule has 5 rings (SSSR count). The van der Waals surface area contributed by atoms with Crippen molar-refractivity contribution in [1.29, 1.82) is 0 Å². The molecule has 1 aliphatic heterocycles. The minimum atomic E-state index is -0.869. The summed E-state index contributed by atoms with van der Waals surface area (Å²) in [6, 6.07) is 26.0. The molecule has 0 saturated carbocycles. The standard InChI is InChI=1S/C40H50N6O3/c1-27-18-19-42-35(22-27)31-16-14-30(15-17-31)24-34(41)36(47)25-33(23-29-11-7-6-8-12-29)44-38(48)37(40(3,4)5)46-21-20-45(39(46)49)26-32-13-9-10-28(2)43-32/h6-19,22,33-34,36-37,47H,20-21,23-26,41H2,1-5H3,(H,44,48)/t33-,34-,36-,37+/m0/s1. The van der Waals surface area contributed by atoms with Crippen molar-refractivity contribution in [3.05, 3.63) is 119 Å².